The highest BCUT2D eigenvalue weighted by molar-refractivity contribution is 5.77. The number of carbonyl (C=O) groups excluding carboxylic acids is 1. The molecule has 2 heterocycles. The van der Waals surface area contributed by atoms with E-state index in [1.807, 2.05) is 4.90 Å². The molecule has 0 spiro atoms. The molecule has 1 atom stereocenters. The fraction of sp³-hybridized carbons (Fsp3) is 0.533. The van der Waals surface area contributed by atoms with Crippen LogP contribution < -0.4 is 10.6 Å². The summed E-state index contributed by atoms with van der Waals surface area (Å²) in [5, 5.41) is 6.29. The monoisotopic (exact) mass is 259 g/mol. The maximum absolute atomic E-state index is 12.0. The Labute approximate surface area is 114 Å². The van der Waals surface area contributed by atoms with Crippen LogP contribution in [0.2, 0.25) is 0 Å². The maximum Gasteiger partial charge on any atom is 0.318 e. The van der Waals surface area contributed by atoms with Crippen molar-refractivity contribution in [1.82, 2.24) is 15.5 Å². The topological polar surface area (TPSA) is 44.4 Å². The van der Waals surface area contributed by atoms with Crippen LogP contribution in [0.15, 0.2) is 24.3 Å². The van der Waals surface area contributed by atoms with Gasteiger partial charge < -0.3 is 15.5 Å². The SMILES string of the molecule is CC(C)c1ccc(C2CN(C3CNC3)C(=O)N2)cc1. The first-order valence-corrected chi connectivity index (χ1v) is 7.03. The highest BCUT2D eigenvalue weighted by atomic mass is 16.2. The van der Waals surface area contributed by atoms with Gasteiger partial charge in [-0.25, -0.2) is 4.79 Å². The molecule has 102 valence electrons. The van der Waals surface area contributed by atoms with E-state index < -0.39 is 0 Å². The molecule has 1 aromatic rings. The molecule has 0 saturated carbocycles. The van der Waals surface area contributed by atoms with E-state index in [1.54, 1.807) is 0 Å². The first kappa shape index (κ1) is 12.5. The van der Waals surface area contributed by atoms with Gasteiger partial charge in [-0.1, -0.05) is 38.1 Å². The van der Waals surface area contributed by atoms with Gasteiger partial charge in [0.2, 0.25) is 0 Å². The lowest BCUT2D eigenvalue weighted by atomic mass is 9.99. The average molecular weight is 259 g/mol. The van der Waals surface area contributed by atoms with E-state index in [4.69, 9.17) is 0 Å². The molecule has 3 rings (SSSR count). The normalized spacial score (nSPS) is 23.6. The minimum absolute atomic E-state index is 0.0736. The van der Waals surface area contributed by atoms with Crippen LogP contribution in [-0.4, -0.2) is 36.6 Å². The van der Waals surface area contributed by atoms with Crippen LogP contribution in [0, 0.1) is 0 Å². The second-order valence-electron chi connectivity index (χ2n) is 5.79. The van der Waals surface area contributed by atoms with E-state index in [9.17, 15) is 4.79 Å². The first-order valence-electron chi connectivity index (χ1n) is 7.03. The van der Waals surface area contributed by atoms with E-state index in [-0.39, 0.29) is 12.1 Å². The minimum Gasteiger partial charge on any atom is -0.329 e. The van der Waals surface area contributed by atoms with Gasteiger partial charge in [0.1, 0.15) is 0 Å². The van der Waals surface area contributed by atoms with Crippen LogP contribution >= 0.6 is 0 Å². The number of hydrogen-bond acceptors (Lipinski definition) is 2. The zero-order chi connectivity index (χ0) is 13.4. The molecule has 2 N–H and O–H groups in total. The van der Waals surface area contributed by atoms with Gasteiger partial charge in [0, 0.05) is 19.6 Å². The fourth-order valence-electron chi connectivity index (χ4n) is 2.67. The number of benzene rings is 1. The van der Waals surface area contributed by atoms with Gasteiger partial charge in [-0.2, -0.15) is 0 Å². The Balaban J connectivity index is 1.71. The highest BCUT2D eigenvalue weighted by Gasteiger charge is 2.36. The number of carbonyl (C=O) groups is 1. The number of amides is 2. The molecule has 19 heavy (non-hydrogen) atoms. The van der Waals surface area contributed by atoms with Crippen LogP contribution in [-0.2, 0) is 0 Å². The smallest absolute Gasteiger partial charge is 0.318 e. The summed E-state index contributed by atoms with van der Waals surface area (Å²) < 4.78 is 0. The van der Waals surface area contributed by atoms with Gasteiger partial charge >= 0.3 is 6.03 Å². The summed E-state index contributed by atoms with van der Waals surface area (Å²) in [6, 6.07) is 9.20. The minimum atomic E-state index is 0.0736. The third kappa shape index (κ3) is 2.32. The molecule has 1 aromatic carbocycles. The van der Waals surface area contributed by atoms with Crippen LogP contribution in [0.25, 0.3) is 0 Å². The highest BCUT2D eigenvalue weighted by Crippen LogP contribution is 2.24. The predicted octanol–water partition coefficient (Wildman–Crippen LogP) is 1.85. The molecule has 0 radical (unpaired) electrons. The average Bonchev–Trinajstić information content (AvgIpc) is 2.70. The van der Waals surface area contributed by atoms with Crippen LogP contribution in [0.1, 0.15) is 36.9 Å². The van der Waals surface area contributed by atoms with Crippen molar-refractivity contribution in [3.05, 3.63) is 35.4 Å². The van der Waals surface area contributed by atoms with Crippen molar-refractivity contribution < 1.29 is 4.79 Å². The molecule has 4 nitrogen and oxygen atoms in total. The van der Waals surface area contributed by atoms with E-state index in [0.29, 0.717) is 12.0 Å². The number of hydrogen-bond donors (Lipinski definition) is 2. The van der Waals surface area contributed by atoms with E-state index in [1.165, 1.54) is 11.1 Å². The second-order valence-corrected chi connectivity index (χ2v) is 5.79. The van der Waals surface area contributed by atoms with Crippen molar-refractivity contribution in [3.8, 4) is 0 Å². The van der Waals surface area contributed by atoms with Crippen molar-refractivity contribution in [2.24, 2.45) is 0 Å². The Morgan fingerprint density at radius 1 is 1.21 bits per heavy atom. The number of nitrogens with one attached hydrogen (secondary N) is 2. The lowest BCUT2D eigenvalue weighted by Crippen LogP contribution is -2.57. The van der Waals surface area contributed by atoms with Gasteiger partial charge in [0.05, 0.1) is 12.1 Å². The lowest BCUT2D eigenvalue weighted by Gasteiger charge is -2.34. The van der Waals surface area contributed by atoms with Crippen molar-refractivity contribution >= 4 is 6.03 Å². The summed E-state index contributed by atoms with van der Waals surface area (Å²) in [6.07, 6.45) is 0. The van der Waals surface area contributed by atoms with Gasteiger partial charge in [-0.05, 0) is 17.0 Å². The second kappa shape index (κ2) is 4.85. The number of rotatable bonds is 3. The molecular formula is C15H21N3O. The van der Waals surface area contributed by atoms with Crippen molar-refractivity contribution in [3.63, 3.8) is 0 Å². The summed E-state index contributed by atoms with van der Waals surface area (Å²) >= 11 is 0. The van der Waals surface area contributed by atoms with Crippen LogP contribution in [0.3, 0.4) is 0 Å². The molecule has 2 fully saturated rings. The Morgan fingerprint density at radius 2 is 1.89 bits per heavy atom. The fourth-order valence-corrected chi connectivity index (χ4v) is 2.67. The maximum atomic E-state index is 12.0. The number of urea groups is 1. The molecule has 2 amide bonds. The summed E-state index contributed by atoms with van der Waals surface area (Å²) in [5.74, 6) is 0.546. The quantitative estimate of drug-likeness (QED) is 0.870. The summed E-state index contributed by atoms with van der Waals surface area (Å²) in [7, 11) is 0. The zero-order valence-electron chi connectivity index (χ0n) is 11.5. The molecular weight excluding hydrogens is 238 g/mol. The Morgan fingerprint density at radius 3 is 2.42 bits per heavy atom. The van der Waals surface area contributed by atoms with Crippen LogP contribution in [0.4, 0.5) is 4.79 Å². The first-order chi connectivity index (χ1) is 9.15. The van der Waals surface area contributed by atoms with Crippen LogP contribution in [0.5, 0.6) is 0 Å². The third-order valence-electron chi connectivity index (χ3n) is 4.14. The van der Waals surface area contributed by atoms with Crippen molar-refractivity contribution in [1.29, 1.82) is 0 Å². The van der Waals surface area contributed by atoms with Gasteiger partial charge in [-0.15, -0.1) is 0 Å². The summed E-state index contributed by atoms with van der Waals surface area (Å²) in [5.41, 5.74) is 2.54. The van der Waals surface area contributed by atoms with Crippen molar-refractivity contribution in [2.45, 2.75) is 31.8 Å². The molecule has 4 heteroatoms. The zero-order valence-corrected chi connectivity index (χ0v) is 11.5. The van der Waals surface area contributed by atoms with Gasteiger partial charge in [0.15, 0.2) is 0 Å². The number of nitrogens with zero attached hydrogens (tertiary/aromatic N) is 1. The third-order valence-corrected chi connectivity index (χ3v) is 4.14. The van der Waals surface area contributed by atoms with E-state index >= 15 is 0 Å². The summed E-state index contributed by atoms with van der Waals surface area (Å²) in [4.78, 5) is 13.9. The molecule has 2 saturated heterocycles. The lowest BCUT2D eigenvalue weighted by molar-refractivity contribution is 0.172. The molecule has 2 aliphatic rings. The summed E-state index contributed by atoms with van der Waals surface area (Å²) in [6.45, 7) is 7.01. The Kier molecular flexibility index (Phi) is 3.19. The van der Waals surface area contributed by atoms with Gasteiger partial charge in [0.25, 0.3) is 0 Å². The predicted molar refractivity (Wildman–Crippen MR) is 75.2 cm³/mol. The van der Waals surface area contributed by atoms with E-state index in [0.717, 1.165) is 19.6 Å². The molecule has 1 unspecified atom stereocenters. The van der Waals surface area contributed by atoms with Gasteiger partial charge in [-0.3, -0.25) is 0 Å². The Hall–Kier alpha value is -1.55. The van der Waals surface area contributed by atoms with E-state index in [2.05, 4.69) is 48.7 Å². The Bertz CT molecular complexity index is 465. The largest absolute Gasteiger partial charge is 0.329 e. The molecule has 0 aromatic heterocycles. The standard InChI is InChI=1S/C15H21N3O/c1-10(2)11-3-5-12(6-4-11)14-9-18(15(19)17-14)13-7-16-8-13/h3-6,10,13-14,16H,7-9H2,1-2H3,(H,17,19). The molecule has 0 bridgehead atoms. The molecule has 0 aliphatic carbocycles. The van der Waals surface area contributed by atoms with Crippen molar-refractivity contribution in [2.75, 3.05) is 19.6 Å². The molecule has 2 aliphatic heterocycles.